The summed E-state index contributed by atoms with van der Waals surface area (Å²) in [7, 11) is 0. The second kappa shape index (κ2) is 7.50. The van der Waals surface area contributed by atoms with Crippen molar-refractivity contribution >= 4 is 17.7 Å². The number of hydrogen-bond donors (Lipinski definition) is 2. The first-order valence-corrected chi connectivity index (χ1v) is 10.1. The summed E-state index contributed by atoms with van der Waals surface area (Å²) < 4.78 is 0. The number of fused-ring (bicyclic) bond motifs is 1. The van der Waals surface area contributed by atoms with Gasteiger partial charge >= 0.3 is 0 Å². The normalized spacial score (nSPS) is 37.7. The SMILES string of the molecule is C=C1CCC2[C@](C)(CO)[C@H](O)CC[C@@]2(C)[C@@H]1C/C=C/c1cccc(Cl)c1. The molecule has 0 heterocycles. The zero-order chi connectivity index (χ0) is 18.9. The van der Waals surface area contributed by atoms with Gasteiger partial charge in [0.15, 0.2) is 0 Å². The third-order valence-electron chi connectivity index (χ3n) is 7.22. The van der Waals surface area contributed by atoms with Crippen LogP contribution in [-0.4, -0.2) is 22.9 Å². The lowest BCUT2D eigenvalue weighted by atomic mass is 9.46. The van der Waals surface area contributed by atoms with Gasteiger partial charge in [-0.3, -0.25) is 0 Å². The highest BCUT2D eigenvalue weighted by Gasteiger charge is 2.57. The van der Waals surface area contributed by atoms with Gasteiger partial charge < -0.3 is 10.2 Å². The Bertz CT molecular complexity index is 697. The molecule has 3 rings (SSSR count). The van der Waals surface area contributed by atoms with E-state index in [0.717, 1.165) is 42.7 Å². The second-order valence-electron chi connectivity index (χ2n) is 8.72. The number of benzene rings is 1. The molecule has 2 aliphatic carbocycles. The lowest BCUT2D eigenvalue weighted by molar-refractivity contribution is -0.151. The van der Waals surface area contributed by atoms with Crippen molar-refractivity contribution in [3.8, 4) is 0 Å². The van der Waals surface area contributed by atoms with Crippen molar-refractivity contribution in [1.29, 1.82) is 0 Å². The van der Waals surface area contributed by atoms with Gasteiger partial charge in [-0.2, -0.15) is 0 Å². The van der Waals surface area contributed by atoms with Crippen LogP contribution in [0.4, 0.5) is 0 Å². The van der Waals surface area contributed by atoms with Crippen LogP contribution in [0.3, 0.4) is 0 Å². The maximum Gasteiger partial charge on any atom is 0.0618 e. The number of hydrogen-bond acceptors (Lipinski definition) is 2. The molecule has 5 atom stereocenters. The van der Waals surface area contributed by atoms with Crippen LogP contribution >= 0.6 is 11.6 Å². The molecule has 0 aromatic heterocycles. The first kappa shape index (κ1) is 19.7. The molecule has 0 spiro atoms. The Morgan fingerprint density at radius 1 is 1.31 bits per heavy atom. The molecular weight excluding hydrogens is 344 g/mol. The number of allylic oxidation sites excluding steroid dienone is 2. The molecule has 0 amide bonds. The quantitative estimate of drug-likeness (QED) is 0.684. The van der Waals surface area contributed by atoms with Crippen molar-refractivity contribution in [2.24, 2.45) is 22.7 Å². The van der Waals surface area contributed by atoms with Gasteiger partial charge in [0, 0.05) is 10.4 Å². The van der Waals surface area contributed by atoms with E-state index in [4.69, 9.17) is 11.6 Å². The van der Waals surface area contributed by atoms with Gasteiger partial charge in [-0.1, -0.05) is 61.9 Å². The standard InChI is InChI=1S/C23H31ClO2/c1-16-10-11-20-22(2,13-12-21(26)23(20,3)15-25)19(16)9-5-7-17-6-4-8-18(24)14-17/h4-8,14,19-21,25-26H,1,9-13,15H2,2-3H3/b7-5+/t19-,20?,21-,22+,23+/m1/s1. The van der Waals surface area contributed by atoms with E-state index in [2.05, 4.69) is 38.6 Å². The van der Waals surface area contributed by atoms with Crippen molar-refractivity contribution in [2.75, 3.05) is 6.61 Å². The number of aliphatic hydroxyl groups is 2. The molecule has 2 fully saturated rings. The van der Waals surface area contributed by atoms with Gasteiger partial charge in [-0.05, 0) is 67.1 Å². The van der Waals surface area contributed by atoms with Crippen LogP contribution < -0.4 is 0 Å². The van der Waals surface area contributed by atoms with Crippen molar-refractivity contribution < 1.29 is 10.2 Å². The maximum atomic E-state index is 10.6. The van der Waals surface area contributed by atoms with Gasteiger partial charge in [0.1, 0.15) is 0 Å². The first-order valence-electron chi connectivity index (χ1n) is 9.70. The van der Waals surface area contributed by atoms with Crippen LogP contribution in [0.5, 0.6) is 0 Å². The molecule has 0 aliphatic heterocycles. The molecule has 142 valence electrons. The molecule has 0 saturated heterocycles. The summed E-state index contributed by atoms with van der Waals surface area (Å²) in [5, 5.41) is 21.4. The molecule has 1 aromatic rings. The topological polar surface area (TPSA) is 40.5 Å². The lowest BCUT2D eigenvalue weighted by Gasteiger charge is -2.59. The van der Waals surface area contributed by atoms with Gasteiger partial charge in [-0.25, -0.2) is 0 Å². The van der Waals surface area contributed by atoms with Crippen molar-refractivity contribution in [3.05, 3.63) is 53.1 Å². The van der Waals surface area contributed by atoms with Crippen LogP contribution in [0.2, 0.25) is 5.02 Å². The van der Waals surface area contributed by atoms with Crippen LogP contribution in [0.25, 0.3) is 6.08 Å². The largest absolute Gasteiger partial charge is 0.396 e. The fraction of sp³-hybridized carbons (Fsp3) is 0.565. The summed E-state index contributed by atoms with van der Waals surface area (Å²) in [4.78, 5) is 0. The van der Waals surface area contributed by atoms with Gasteiger partial charge in [0.05, 0.1) is 12.7 Å². The highest BCUT2D eigenvalue weighted by atomic mass is 35.5. The van der Waals surface area contributed by atoms with Crippen LogP contribution in [0, 0.1) is 22.7 Å². The van der Waals surface area contributed by atoms with E-state index in [9.17, 15) is 10.2 Å². The Balaban J connectivity index is 1.82. The Kier molecular flexibility index (Phi) is 5.67. The van der Waals surface area contributed by atoms with E-state index < -0.39 is 11.5 Å². The summed E-state index contributed by atoms with van der Waals surface area (Å²) in [5.41, 5.74) is 2.09. The monoisotopic (exact) mass is 374 g/mol. The van der Waals surface area contributed by atoms with Crippen LogP contribution in [0.1, 0.15) is 51.5 Å². The van der Waals surface area contributed by atoms with E-state index in [1.54, 1.807) is 0 Å². The van der Waals surface area contributed by atoms with E-state index >= 15 is 0 Å². The molecule has 2 N–H and O–H groups in total. The van der Waals surface area contributed by atoms with E-state index in [0.29, 0.717) is 11.8 Å². The molecule has 0 bridgehead atoms. The highest BCUT2D eigenvalue weighted by molar-refractivity contribution is 6.30. The highest BCUT2D eigenvalue weighted by Crippen LogP contribution is 2.61. The average Bonchev–Trinajstić information content (AvgIpc) is 2.61. The third-order valence-corrected chi connectivity index (χ3v) is 7.46. The summed E-state index contributed by atoms with van der Waals surface area (Å²) in [6, 6.07) is 7.88. The first-order chi connectivity index (χ1) is 12.3. The fourth-order valence-corrected chi connectivity index (χ4v) is 5.78. The minimum atomic E-state index is -0.417. The molecular formula is C23H31ClO2. The Morgan fingerprint density at radius 2 is 2.08 bits per heavy atom. The molecule has 1 unspecified atom stereocenters. The number of aliphatic hydroxyl groups excluding tert-OH is 2. The van der Waals surface area contributed by atoms with Crippen LogP contribution in [0.15, 0.2) is 42.5 Å². The summed E-state index contributed by atoms with van der Waals surface area (Å²) in [6.45, 7) is 8.84. The maximum absolute atomic E-state index is 10.6. The Morgan fingerprint density at radius 3 is 2.77 bits per heavy atom. The second-order valence-corrected chi connectivity index (χ2v) is 9.16. The Hall–Kier alpha value is -1.09. The Labute approximate surface area is 162 Å². The molecule has 3 heteroatoms. The average molecular weight is 375 g/mol. The van der Waals surface area contributed by atoms with Crippen molar-refractivity contribution in [2.45, 2.75) is 52.1 Å². The number of halogens is 1. The van der Waals surface area contributed by atoms with Gasteiger partial charge in [0.25, 0.3) is 0 Å². The number of rotatable bonds is 4. The predicted octanol–water partition coefficient (Wildman–Crippen LogP) is 5.49. The summed E-state index contributed by atoms with van der Waals surface area (Å²) >= 11 is 6.07. The predicted molar refractivity (Wildman–Crippen MR) is 109 cm³/mol. The minimum Gasteiger partial charge on any atom is -0.396 e. The van der Waals surface area contributed by atoms with E-state index in [1.807, 2.05) is 18.2 Å². The molecule has 2 nitrogen and oxygen atoms in total. The van der Waals surface area contributed by atoms with Crippen molar-refractivity contribution in [1.82, 2.24) is 0 Å². The van der Waals surface area contributed by atoms with E-state index in [1.165, 1.54) is 5.57 Å². The van der Waals surface area contributed by atoms with E-state index in [-0.39, 0.29) is 12.0 Å². The zero-order valence-corrected chi connectivity index (χ0v) is 16.7. The van der Waals surface area contributed by atoms with Crippen molar-refractivity contribution in [3.63, 3.8) is 0 Å². The smallest absolute Gasteiger partial charge is 0.0618 e. The molecule has 26 heavy (non-hydrogen) atoms. The third kappa shape index (κ3) is 3.40. The van der Waals surface area contributed by atoms with Gasteiger partial charge in [-0.15, -0.1) is 0 Å². The molecule has 2 saturated carbocycles. The van der Waals surface area contributed by atoms with Crippen LogP contribution in [-0.2, 0) is 0 Å². The fourth-order valence-electron chi connectivity index (χ4n) is 5.59. The lowest BCUT2D eigenvalue weighted by Crippen LogP contribution is -2.57. The summed E-state index contributed by atoms with van der Waals surface area (Å²) in [5.74, 6) is 0.703. The molecule has 1 aromatic carbocycles. The minimum absolute atomic E-state index is 0.0476. The zero-order valence-electron chi connectivity index (χ0n) is 15.9. The summed E-state index contributed by atoms with van der Waals surface area (Å²) in [6.07, 6.45) is 8.63. The van der Waals surface area contributed by atoms with Gasteiger partial charge in [0.2, 0.25) is 0 Å². The molecule has 0 radical (unpaired) electrons. The molecule has 2 aliphatic rings.